The number of sulfonamides is 1. The van der Waals surface area contributed by atoms with E-state index in [2.05, 4.69) is 4.72 Å². The van der Waals surface area contributed by atoms with Crippen LogP contribution in [-0.2, 0) is 14.8 Å². The maximum atomic E-state index is 12.5. The van der Waals surface area contributed by atoms with Gasteiger partial charge in [0.15, 0.2) is 5.78 Å². The molecule has 3 N–H and O–H groups in total. The van der Waals surface area contributed by atoms with E-state index in [0.717, 1.165) is 0 Å². The molecule has 0 saturated heterocycles. The van der Waals surface area contributed by atoms with Crippen LogP contribution in [-0.4, -0.2) is 55.6 Å². The van der Waals surface area contributed by atoms with Gasteiger partial charge in [-0.3, -0.25) is 9.52 Å². The van der Waals surface area contributed by atoms with Gasteiger partial charge in [-0.25, -0.2) is 18.0 Å². The van der Waals surface area contributed by atoms with E-state index in [1.165, 1.54) is 43.3 Å². The van der Waals surface area contributed by atoms with Crippen LogP contribution in [0.25, 0.3) is 0 Å². The molecule has 13 heteroatoms. The van der Waals surface area contributed by atoms with Gasteiger partial charge in [0.1, 0.15) is 0 Å². The van der Waals surface area contributed by atoms with Crippen molar-refractivity contribution in [2.45, 2.75) is 31.8 Å². The normalized spacial score (nSPS) is 11.1. The highest BCUT2D eigenvalue weighted by atomic mass is 32.2. The summed E-state index contributed by atoms with van der Waals surface area (Å²) in [5.74, 6) is -4.05. The van der Waals surface area contributed by atoms with Crippen LogP contribution in [0, 0.1) is 0 Å². The smallest absolute Gasteiger partial charge is 0.478 e. The number of nitrogens with zero attached hydrogens (tertiary/aromatic N) is 1. The third-order valence-electron chi connectivity index (χ3n) is 4.40. The second-order valence-electron chi connectivity index (χ2n) is 6.70. The molecule has 0 aromatic heterocycles. The molecule has 0 aliphatic rings. The Bertz CT molecular complexity index is 1140. The lowest BCUT2D eigenvalue weighted by atomic mass is 10.1. The van der Waals surface area contributed by atoms with Gasteiger partial charge in [-0.05, 0) is 51.1 Å². The minimum absolute atomic E-state index is 0.0165. The predicted octanol–water partition coefficient (Wildman–Crippen LogP) is 3.87. The fourth-order valence-corrected chi connectivity index (χ4v) is 3.74. The van der Waals surface area contributed by atoms with Crippen LogP contribution in [0.2, 0.25) is 0 Å². The maximum absolute atomic E-state index is 12.5. The Balaban J connectivity index is 0.000000718. The molecule has 0 amide bonds. The number of Topliss-reactive ketones (excluding diaryl/α,β-unsaturated/α-hetero) is 1. The summed E-state index contributed by atoms with van der Waals surface area (Å²) < 4.78 is 59.2. The number of carboxylic acid groups (broad SMARTS) is 2. The first-order chi connectivity index (χ1) is 15.6. The lowest BCUT2D eigenvalue weighted by Crippen LogP contribution is -2.24. The first kappa shape index (κ1) is 28.4. The number of carbonyl (C=O) groups excluding carboxylic acids is 1. The number of benzene rings is 2. The van der Waals surface area contributed by atoms with Crippen LogP contribution in [0.3, 0.4) is 0 Å². The third-order valence-corrected chi connectivity index (χ3v) is 5.79. The van der Waals surface area contributed by atoms with Crippen molar-refractivity contribution in [3.63, 3.8) is 0 Å². The van der Waals surface area contributed by atoms with Crippen LogP contribution in [0.15, 0.2) is 47.4 Å². The van der Waals surface area contributed by atoms with E-state index in [1.807, 2.05) is 18.7 Å². The zero-order chi connectivity index (χ0) is 26.3. The van der Waals surface area contributed by atoms with Gasteiger partial charge in [-0.15, -0.1) is 0 Å². The zero-order valence-electron chi connectivity index (χ0n) is 18.4. The average Bonchev–Trinajstić information content (AvgIpc) is 2.74. The highest BCUT2D eigenvalue weighted by Crippen LogP contribution is 2.26. The zero-order valence-corrected chi connectivity index (χ0v) is 19.2. The Labute approximate surface area is 193 Å². The summed E-state index contributed by atoms with van der Waals surface area (Å²) in [7, 11) is -3.91. The standard InChI is InChI=1S/C19H22N2O5S.C2HF3O2/c1-4-21(5-2)18-11-8-15(12-17(18)19(23)24)20-27(25,26)16-9-6-14(7-10-16)13(3)22;3-2(4,5)1(6)7/h6-12,20H,4-5H2,1-3H3,(H,23,24);(H,6,7). The molecule has 2 aromatic rings. The number of hydrogen-bond acceptors (Lipinski definition) is 6. The SMILES string of the molecule is CCN(CC)c1ccc(NS(=O)(=O)c2ccc(C(C)=O)cc2)cc1C(=O)O.O=C(O)C(F)(F)F. The summed E-state index contributed by atoms with van der Waals surface area (Å²) in [5, 5.41) is 16.6. The molecule has 9 nitrogen and oxygen atoms in total. The van der Waals surface area contributed by atoms with Crippen molar-refractivity contribution < 1.29 is 46.2 Å². The molecule has 0 saturated carbocycles. The van der Waals surface area contributed by atoms with Gasteiger partial charge in [-0.1, -0.05) is 12.1 Å². The number of carboxylic acids is 2. The van der Waals surface area contributed by atoms with Gasteiger partial charge in [-0.2, -0.15) is 13.2 Å². The van der Waals surface area contributed by atoms with E-state index in [0.29, 0.717) is 24.3 Å². The van der Waals surface area contributed by atoms with Crippen molar-refractivity contribution in [1.29, 1.82) is 0 Å². The van der Waals surface area contributed by atoms with Crippen molar-refractivity contribution in [1.82, 2.24) is 0 Å². The molecule has 0 heterocycles. The molecule has 0 atom stereocenters. The van der Waals surface area contributed by atoms with E-state index in [9.17, 15) is 36.3 Å². The van der Waals surface area contributed by atoms with Gasteiger partial charge in [0.05, 0.1) is 16.1 Å². The Morgan fingerprint density at radius 1 is 0.971 bits per heavy atom. The number of aromatic carboxylic acids is 1. The molecule has 0 aliphatic heterocycles. The highest BCUT2D eigenvalue weighted by Gasteiger charge is 2.38. The molecule has 2 rings (SSSR count). The van der Waals surface area contributed by atoms with Crippen molar-refractivity contribution >= 4 is 39.1 Å². The summed E-state index contributed by atoms with van der Waals surface area (Å²) in [6.07, 6.45) is -5.08. The molecule has 2 aromatic carbocycles. The fourth-order valence-electron chi connectivity index (χ4n) is 2.69. The highest BCUT2D eigenvalue weighted by molar-refractivity contribution is 7.92. The number of rotatable bonds is 8. The third kappa shape index (κ3) is 7.76. The first-order valence-electron chi connectivity index (χ1n) is 9.70. The summed E-state index contributed by atoms with van der Waals surface area (Å²) in [5.41, 5.74) is 1.11. The lowest BCUT2D eigenvalue weighted by molar-refractivity contribution is -0.192. The number of halogens is 3. The molecule has 0 aliphatic carbocycles. The van der Waals surface area contributed by atoms with E-state index in [1.54, 1.807) is 6.07 Å². The molecule has 186 valence electrons. The van der Waals surface area contributed by atoms with Crippen LogP contribution < -0.4 is 9.62 Å². The molecule has 0 fully saturated rings. The van der Waals surface area contributed by atoms with Gasteiger partial charge in [0.25, 0.3) is 10.0 Å². The van der Waals surface area contributed by atoms with Crippen molar-refractivity contribution in [2.75, 3.05) is 22.7 Å². The Kier molecular flexibility index (Phi) is 9.61. The predicted molar refractivity (Wildman–Crippen MR) is 118 cm³/mol. The fraction of sp³-hybridized carbons (Fsp3) is 0.286. The number of hydrogen-bond donors (Lipinski definition) is 3. The van der Waals surface area contributed by atoms with Gasteiger partial charge in [0.2, 0.25) is 0 Å². The summed E-state index contributed by atoms with van der Waals surface area (Å²) >= 11 is 0. The van der Waals surface area contributed by atoms with E-state index >= 15 is 0 Å². The number of alkyl halides is 3. The van der Waals surface area contributed by atoms with Crippen molar-refractivity contribution in [3.8, 4) is 0 Å². The maximum Gasteiger partial charge on any atom is 0.490 e. The van der Waals surface area contributed by atoms with E-state index < -0.39 is 28.1 Å². The molecular weight excluding hydrogens is 481 g/mol. The quantitative estimate of drug-likeness (QED) is 0.460. The molecular formula is C21H23F3N2O7S. The van der Waals surface area contributed by atoms with Crippen molar-refractivity contribution in [2.24, 2.45) is 0 Å². The van der Waals surface area contributed by atoms with E-state index in [-0.39, 0.29) is 21.9 Å². The molecule has 0 spiro atoms. The molecule has 0 radical (unpaired) electrons. The summed E-state index contributed by atoms with van der Waals surface area (Å²) in [4.78, 5) is 33.7. The van der Waals surface area contributed by atoms with Crippen LogP contribution in [0.5, 0.6) is 0 Å². The topological polar surface area (TPSA) is 141 Å². The number of ketones is 1. The number of aliphatic carboxylic acids is 1. The van der Waals surface area contributed by atoms with Crippen LogP contribution in [0.4, 0.5) is 24.5 Å². The minimum atomic E-state index is -5.08. The lowest BCUT2D eigenvalue weighted by Gasteiger charge is -2.23. The largest absolute Gasteiger partial charge is 0.490 e. The Morgan fingerprint density at radius 3 is 1.85 bits per heavy atom. The number of nitrogens with one attached hydrogen (secondary N) is 1. The van der Waals surface area contributed by atoms with Gasteiger partial charge in [0, 0.05) is 24.3 Å². The summed E-state index contributed by atoms with van der Waals surface area (Å²) in [6.45, 7) is 6.48. The van der Waals surface area contributed by atoms with Crippen LogP contribution >= 0.6 is 0 Å². The Morgan fingerprint density at radius 2 is 1.47 bits per heavy atom. The monoisotopic (exact) mass is 504 g/mol. The average molecular weight is 504 g/mol. The number of anilines is 2. The van der Waals surface area contributed by atoms with Gasteiger partial charge >= 0.3 is 18.1 Å². The van der Waals surface area contributed by atoms with Gasteiger partial charge < -0.3 is 15.1 Å². The molecule has 34 heavy (non-hydrogen) atoms. The number of carbonyl (C=O) groups is 3. The van der Waals surface area contributed by atoms with Crippen LogP contribution in [0.1, 0.15) is 41.5 Å². The first-order valence-corrected chi connectivity index (χ1v) is 11.2. The summed E-state index contributed by atoms with van der Waals surface area (Å²) in [6, 6.07) is 9.96. The second kappa shape index (κ2) is 11.5. The second-order valence-corrected chi connectivity index (χ2v) is 8.38. The minimum Gasteiger partial charge on any atom is -0.478 e. The van der Waals surface area contributed by atoms with Crippen molar-refractivity contribution in [3.05, 3.63) is 53.6 Å². The molecule has 0 bridgehead atoms. The molecule has 0 unspecified atom stereocenters. The Hall–Kier alpha value is -3.61. The van der Waals surface area contributed by atoms with E-state index in [4.69, 9.17) is 9.90 Å².